The lowest BCUT2D eigenvalue weighted by Gasteiger charge is -2.33. The topological polar surface area (TPSA) is 69.9 Å². The van der Waals surface area contributed by atoms with E-state index in [4.69, 9.17) is 31.7 Å². The molecule has 0 amide bonds. The van der Waals surface area contributed by atoms with Crippen LogP contribution < -0.4 is 0 Å². The van der Waals surface area contributed by atoms with Gasteiger partial charge in [-0.15, -0.1) is 11.6 Å². The minimum absolute atomic E-state index is 0.269. The van der Waals surface area contributed by atoms with Gasteiger partial charge in [-0.3, -0.25) is 0 Å². The maximum absolute atomic E-state index is 9.14. The Bertz CT molecular complexity index is 130. The van der Waals surface area contributed by atoms with Crippen LogP contribution in [0.2, 0.25) is 0 Å². The molecule has 0 aromatic carbocycles. The van der Waals surface area contributed by atoms with E-state index in [1.54, 1.807) is 0 Å². The van der Waals surface area contributed by atoms with E-state index < -0.39 is 23.7 Å². The molecule has 1 radical (unpaired) electrons. The second-order valence-electron chi connectivity index (χ2n) is 2.42. The Balaban J connectivity index is 2.52. The summed E-state index contributed by atoms with van der Waals surface area (Å²) in [6, 6.07) is 0. The molecule has 1 rings (SSSR count). The number of halogens is 1. The van der Waals surface area contributed by atoms with Crippen LogP contribution in [0.5, 0.6) is 0 Å². The minimum Gasteiger partial charge on any atom is -0.394 e. The fourth-order valence-corrected chi connectivity index (χ4v) is 1.18. The standard InChI is InChI=1S/C6H10ClO4/c7-5-4(1-8)11-2-3(9)6(5)10/h2-6,8-10H,1H2/t3-,4+,5-,6+/m0/s1. The first-order valence-electron chi connectivity index (χ1n) is 3.26. The smallest absolute Gasteiger partial charge is 0.115 e. The van der Waals surface area contributed by atoms with Crippen molar-refractivity contribution in [2.24, 2.45) is 0 Å². The third kappa shape index (κ3) is 1.83. The van der Waals surface area contributed by atoms with E-state index in [1.807, 2.05) is 0 Å². The van der Waals surface area contributed by atoms with E-state index in [2.05, 4.69) is 0 Å². The molecule has 0 aromatic heterocycles. The average molecular weight is 182 g/mol. The first-order chi connectivity index (χ1) is 5.16. The Hall–Kier alpha value is 0.130. The molecule has 0 unspecified atom stereocenters. The second kappa shape index (κ2) is 3.69. The molecule has 11 heavy (non-hydrogen) atoms. The van der Waals surface area contributed by atoms with Gasteiger partial charge in [0.2, 0.25) is 0 Å². The number of hydrogen-bond acceptors (Lipinski definition) is 4. The molecule has 5 heteroatoms. The van der Waals surface area contributed by atoms with Crippen LogP contribution in [0.3, 0.4) is 0 Å². The molecule has 1 fully saturated rings. The lowest BCUT2D eigenvalue weighted by molar-refractivity contribution is -0.0931. The number of alkyl halides is 1. The van der Waals surface area contributed by atoms with Gasteiger partial charge in [0.25, 0.3) is 0 Å². The molecule has 1 aliphatic heterocycles. The molecular formula is C6H10ClO4. The maximum Gasteiger partial charge on any atom is 0.115 e. The Labute approximate surface area is 69.4 Å². The lowest BCUT2D eigenvalue weighted by Crippen LogP contribution is -2.49. The highest BCUT2D eigenvalue weighted by Gasteiger charge is 2.37. The Kier molecular flexibility index (Phi) is 3.09. The second-order valence-corrected chi connectivity index (χ2v) is 2.92. The van der Waals surface area contributed by atoms with Gasteiger partial charge in [0, 0.05) is 0 Å². The highest BCUT2D eigenvalue weighted by Crippen LogP contribution is 2.22. The summed E-state index contributed by atoms with van der Waals surface area (Å²) in [7, 11) is 0. The highest BCUT2D eigenvalue weighted by molar-refractivity contribution is 6.21. The largest absolute Gasteiger partial charge is 0.394 e. The van der Waals surface area contributed by atoms with E-state index in [0.29, 0.717) is 0 Å². The monoisotopic (exact) mass is 181 g/mol. The van der Waals surface area contributed by atoms with E-state index in [0.717, 1.165) is 6.61 Å². The molecule has 4 nitrogen and oxygen atoms in total. The molecule has 4 atom stereocenters. The van der Waals surface area contributed by atoms with E-state index in [-0.39, 0.29) is 6.61 Å². The molecule has 1 aliphatic rings. The first kappa shape index (κ1) is 9.22. The molecule has 3 N–H and O–H groups in total. The quantitative estimate of drug-likeness (QED) is 0.448. The summed E-state index contributed by atoms with van der Waals surface area (Å²) >= 11 is 5.61. The predicted octanol–water partition coefficient (Wildman–Crippen LogP) is -1.13. The van der Waals surface area contributed by atoms with Gasteiger partial charge in [0.05, 0.1) is 12.0 Å². The number of aliphatic hydroxyl groups excluding tert-OH is 3. The van der Waals surface area contributed by atoms with Crippen molar-refractivity contribution in [3.05, 3.63) is 6.61 Å². The van der Waals surface area contributed by atoms with Crippen molar-refractivity contribution in [1.29, 1.82) is 0 Å². The van der Waals surface area contributed by atoms with Crippen molar-refractivity contribution in [2.45, 2.75) is 23.7 Å². The third-order valence-corrected chi connectivity index (χ3v) is 2.14. The Morgan fingerprint density at radius 2 is 2.09 bits per heavy atom. The van der Waals surface area contributed by atoms with Crippen LogP contribution in [-0.4, -0.2) is 45.6 Å². The molecule has 1 heterocycles. The zero-order chi connectivity index (χ0) is 8.43. The fourth-order valence-electron chi connectivity index (χ4n) is 0.889. The molecule has 0 aromatic rings. The van der Waals surface area contributed by atoms with Crippen LogP contribution in [0.1, 0.15) is 0 Å². The van der Waals surface area contributed by atoms with Crippen molar-refractivity contribution in [3.63, 3.8) is 0 Å². The summed E-state index contributed by atoms with van der Waals surface area (Å²) in [5, 5.41) is 26.0. The Morgan fingerprint density at radius 3 is 2.64 bits per heavy atom. The van der Waals surface area contributed by atoms with Crippen LogP contribution >= 0.6 is 11.6 Å². The van der Waals surface area contributed by atoms with Crippen molar-refractivity contribution in [2.75, 3.05) is 6.61 Å². The lowest BCUT2D eigenvalue weighted by atomic mass is 10.0. The normalized spacial score (nSPS) is 45.8. The zero-order valence-corrected chi connectivity index (χ0v) is 6.48. The van der Waals surface area contributed by atoms with Crippen molar-refractivity contribution in [3.8, 4) is 0 Å². The van der Waals surface area contributed by atoms with Gasteiger partial charge in [0.15, 0.2) is 0 Å². The average Bonchev–Trinajstić information content (AvgIpc) is 2.01. The molecule has 0 bridgehead atoms. The number of ether oxygens (including phenoxy) is 1. The number of hydrogen-bond donors (Lipinski definition) is 3. The maximum atomic E-state index is 9.14. The summed E-state index contributed by atoms with van der Waals surface area (Å²) in [6.45, 7) is 0.804. The number of aliphatic hydroxyl groups is 3. The summed E-state index contributed by atoms with van der Waals surface area (Å²) < 4.78 is 4.81. The summed E-state index contributed by atoms with van der Waals surface area (Å²) in [6.07, 6.45) is -2.77. The Morgan fingerprint density at radius 1 is 1.45 bits per heavy atom. The molecule has 0 aliphatic carbocycles. The molecular weight excluding hydrogens is 172 g/mol. The molecule has 65 valence electrons. The van der Waals surface area contributed by atoms with E-state index in [9.17, 15) is 0 Å². The SMILES string of the molecule is OC[C@H]1O[CH][C@H](O)[C@@H](O)[C@H]1Cl. The van der Waals surface area contributed by atoms with Gasteiger partial charge in [-0.2, -0.15) is 0 Å². The molecule has 0 spiro atoms. The van der Waals surface area contributed by atoms with Gasteiger partial charge in [0.1, 0.15) is 24.9 Å². The fraction of sp³-hybridized carbons (Fsp3) is 0.833. The summed E-state index contributed by atoms with van der Waals surface area (Å²) in [4.78, 5) is 0. The molecule has 1 saturated heterocycles. The molecule has 0 saturated carbocycles. The van der Waals surface area contributed by atoms with Crippen LogP contribution in [0.15, 0.2) is 0 Å². The highest BCUT2D eigenvalue weighted by atomic mass is 35.5. The van der Waals surface area contributed by atoms with Gasteiger partial charge >= 0.3 is 0 Å². The van der Waals surface area contributed by atoms with Crippen molar-refractivity contribution in [1.82, 2.24) is 0 Å². The van der Waals surface area contributed by atoms with E-state index >= 15 is 0 Å². The van der Waals surface area contributed by atoms with Crippen LogP contribution in [0, 0.1) is 6.61 Å². The number of rotatable bonds is 1. The van der Waals surface area contributed by atoms with Crippen molar-refractivity contribution >= 4 is 11.6 Å². The summed E-state index contributed by atoms with van der Waals surface area (Å²) in [5.74, 6) is 0. The van der Waals surface area contributed by atoms with Gasteiger partial charge in [-0.25, -0.2) is 0 Å². The van der Waals surface area contributed by atoms with Crippen LogP contribution in [0.4, 0.5) is 0 Å². The van der Waals surface area contributed by atoms with E-state index in [1.165, 1.54) is 0 Å². The minimum atomic E-state index is -1.07. The van der Waals surface area contributed by atoms with Crippen LogP contribution in [0.25, 0.3) is 0 Å². The zero-order valence-electron chi connectivity index (χ0n) is 5.72. The third-order valence-electron chi connectivity index (χ3n) is 1.60. The van der Waals surface area contributed by atoms with Gasteiger partial charge in [-0.05, 0) is 0 Å². The van der Waals surface area contributed by atoms with Crippen LogP contribution in [-0.2, 0) is 4.74 Å². The first-order valence-corrected chi connectivity index (χ1v) is 3.70. The summed E-state index contributed by atoms with van der Waals surface area (Å²) in [5.41, 5.74) is 0. The van der Waals surface area contributed by atoms with Crippen molar-refractivity contribution < 1.29 is 20.1 Å². The predicted molar refractivity (Wildman–Crippen MR) is 37.9 cm³/mol. The van der Waals surface area contributed by atoms with Gasteiger partial charge in [-0.1, -0.05) is 0 Å². The van der Waals surface area contributed by atoms with Gasteiger partial charge < -0.3 is 20.1 Å².